The average Bonchev–Trinajstić information content (AvgIpc) is 2.45. The van der Waals surface area contributed by atoms with E-state index in [-0.39, 0.29) is 19.0 Å². The van der Waals surface area contributed by atoms with E-state index in [2.05, 4.69) is 5.32 Å². The molecule has 21 heavy (non-hydrogen) atoms. The number of hydrogen-bond donors (Lipinski definition) is 1. The van der Waals surface area contributed by atoms with Crippen molar-refractivity contribution in [2.24, 2.45) is 0 Å². The zero-order chi connectivity index (χ0) is 14.6. The summed E-state index contributed by atoms with van der Waals surface area (Å²) in [6.07, 6.45) is -4.79. The molecule has 4 nitrogen and oxygen atoms in total. The van der Waals surface area contributed by atoms with Gasteiger partial charge in [-0.25, -0.2) is 4.79 Å². The van der Waals surface area contributed by atoms with Crippen LogP contribution in [0.5, 0.6) is 0 Å². The molecule has 0 aliphatic carbocycles. The van der Waals surface area contributed by atoms with Gasteiger partial charge in [-0.2, -0.15) is 13.2 Å². The zero-order valence-electron chi connectivity index (χ0n) is 11.2. The first-order chi connectivity index (χ1) is 9.47. The topological polar surface area (TPSA) is 41.6 Å². The molecule has 2 rings (SSSR count). The molecule has 1 aliphatic rings. The Bertz CT molecular complexity index is 459. The lowest BCUT2D eigenvalue weighted by atomic mass is 10.1. The molecular weight excluding hydrogens is 309 g/mol. The lowest BCUT2D eigenvalue weighted by molar-refractivity contribution is -0.137. The maximum absolute atomic E-state index is 12.4. The van der Waals surface area contributed by atoms with Crippen LogP contribution in [0.3, 0.4) is 0 Å². The van der Waals surface area contributed by atoms with Crippen molar-refractivity contribution >= 4 is 18.5 Å². The molecule has 0 atom stereocenters. The van der Waals surface area contributed by atoms with Crippen molar-refractivity contribution in [2.45, 2.75) is 12.8 Å². The molecule has 1 amide bonds. The molecule has 8 heteroatoms. The minimum absolute atomic E-state index is 0. The Morgan fingerprint density at radius 2 is 1.76 bits per heavy atom. The standard InChI is InChI=1S/C13H15F3N2O2.ClH/c14-13(15,16)11-3-1-10(2-4-11)9-20-12(19)18-7-5-17-6-8-18;/h1-4,17H,5-9H2;1H. The maximum Gasteiger partial charge on any atom is 0.416 e. The largest absolute Gasteiger partial charge is 0.445 e. The SMILES string of the molecule is Cl.O=C(OCc1ccc(C(F)(F)F)cc1)N1CCNCC1. The number of nitrogens with one attached hydrogen (secondary N) is 1. The Labute approximate surface area is 126 Å². The minimum atomic E-state index is -4.35. The van der Waals surface area contributed by atoms with Gasteiger partial charge in [0.05, 0.1) is 5.56 Å². The molecule has 1 fully saturated rings. The van der Waals surface area contributed by atoms with Crippen molar-refractivity contribution in [3.05, 3.63) is 35.4 Å². The Morgan fingerprint density at radius 1 is 1.19 bits per heavy atom. The molecule has 0 bridgehead atoms. The van der Waals surface area contributed by atoms with Crippen LogP contribution in [0.4, 0.5) is 18.0 Å². The van der Waals surface area contributed by atoms with Crippen molar-refractivity contribution in [1.82, 2.24) is 10.2 Å². The Hall–Kier alpha value is -1.47. The molecule has 1 N–H and O–H groups in total. The fourth-order valence-electron chi connectivity index (χ4n) is 1.87. The second kappa shape index (κ2) is 7.51. The van der Waals surface area contributed by atoms with Crippen LogP contribution in [0.15, 0.2) is 24.3 Å². The van der Waals surface area contributed by atoms with Crippen LogP contribution in [0.25, 0.3) is 0 Å². The first-order valence-electron chi connectivity index (χ1n) is 6.25. The van der Waals surface area contributed by atoms with Gasteiger partial charge in [0, 0.05) is 26.2 Å². The molecule has 1 aromatic carbocycles. The van der Waals surface area contributed by atoms with Crippen LogP contribution in [0.1, 0.15) is 11.1 Å². The number of benzene rings is 1. The maximum atomic E-state index is 12.4. The van der Waals surface area contributed by atoms with E-state index in [1.165, 1.54) is 12.1 Å². The van der Waals surface area contributed by atoms with Gasteiger partial charge in [-0.3, -0.25) is 0 Å². The Balaban J connectivity index is 0.00000220. The van der Waals surface area contributed by atoms with Gasteiger partial charge in [0.25, 0.3) is 0 Å². The van der Waals surface area contributed by atoms with Crippen molar-refractivity contribution in [3.63, 3.8) is 0 Å². The summed E-state index contributed by atoms with van der Waals surface area (Å²) in [5.41, 5.74) is -0.184. The monoisotopic (exact) mass is 324 g/mol. The van der Waals surface area contributed by atoms with E-state index in [1.807, 2.05) is 0 Å². The Kier molecular flexibility index (Phi) is 6.29. The van der Waals surface area contributed by atoms with Crippen molar-refractivity contribution in [3.8, 4) is 0 Å². The van der Waals surface area contributed by atoms with Gasteiger partial charge in [0.2, 0.25) is 0 Å². The van der Waals surface area contributed by atoms with Crippen LogP contribution in [-0.2, 0) is 17.5 Å². The van der Waals surface area contributed by atoms with E-state index in [4.69, 9.17) is 4.74 Å². The van der Waals surface area contributed by atoms with Gasteiger partial charge in [0.1, 0.15) is 6.61 Å². The van der Waals surface area contributed by atoms with E-state index in [9.17, 15) is 18.0 Å². The second-order valence-corrected chi connectivity index (χ2v) is 4.49. The number of amides is 1. The number of ether oxygens (including phenoxy) is 1. The molecule has 0 aromatic heterocycles. The lowest BCUT2D eigenvalue weighted by Crippen LogP contribution is -2.46. The third kappa shape index (κ3) is 5.09. The van der Waals surface area contributed by atoms with Gasteiger partial charge in [0.15, 0.2) is 0 Å². The van der Waals surface area contributed by atoms with Crippen LogP contribution in [-0.4, -0.2) is 37.2 Å². The fraction of sp³-hybridized carbons (Fsp3) is 0.462. The normalized spacial score (nSPS) is 15.3. The van der Waals surface area contributed by atoms with E-state index in [0.717, 1.165) is 25.2 Å². The van der Waals surface area contributed by atoms with E-state index < -0.39 is 17.8 Å². The number of hydrogen-bond acceptors (Lipinski definition) is 3. The molecule has 1 saturated heterocycles. The molecule has 1 aromatic rings. The molecule has 0 unspecified atom stereocenters. The van der Waals surface area contributed by atoms with Gasteiger partial charge in [-0.05, 0) is 17.7 Å². The van der Waals surface area contributed by atoms with Crippen LogP contribution < -0.4 is 5.32 Å². The molecule has 1 heterocycles. The predicted molar refractivity (Wildman–Crippen MR) is 73.3 cm³/mol. The first kappa shape index (κ1) is 17.6. The highest BCUT2D eigenvalue weighted by Crippen LogP contribution is 2.29. The summed E-state index contributed by atoms with van der Waals surface area (Å²) in [6, 6.07) is 4.59. The molecule has 1 aliphatic heterocycles. The smallest absolute Gasteiger partial charge is 0.416 e. The molecular formula is C13H16ClF3N2O2. The van der Waals surface area contributed by atoms with E-state index >= 15 is 0 Å². The summed E-state index contributed by atoms with van der Waals surface area (Å²) in [4.78, 5) is 13.3. The predicted octanol–water partition coefficient (Wildman–Crippen LogP) is 2.67. The molecule has 0 saturated carbocycles. The minimum Gasteiger partial charge on any atom is -0.445 e. The van der Waals surface area contributed by atoms with Gasteiger partial charge >= 0.3 is 12.3 Å². The summed E-state index contributed by atoms with van der Waals surface area (Å²) < 4.78 is 42.2. The summed E-state index contributed by atoms with van der Waals surface area (Å²) in [7, 11) is 0. The van der Waals surface area contributed by atoms with E-state index in [0.29, 0.717) is 18.7 Å². The highest BCUT2D eigenvalue weighted by atomic mass is 35.5. The lowest BCUT2D eigenvalue weighted by Gasteiger charge is -2.26. The van der Waals surface area contributed by atoms with Crippen LogP contribution in [0, 0.1) is 0 Å². The van der Waals surface area contributed by atoms with Crippen molar-refractivity contribution < 1.29 is 22.7 Å². The van der Waals surface area contributed by atoms with Crippen LogP contribution >= 0.6 is 12.4 Å². The average molecular weight is 325 g/mol. The number of piperazine rings is 1. The fourth-order valence-corrected chi connectivity index (χ4v) is 1.87. The number of rotatable bonds is 2. The van der Waals surface area contributed by atoms with Gasteiger partial charge in [-0.15, -0.1) is 12.4 Å². The zero-order valence-corrected chi connectivity index (χ0v) is 12.0. The van der Waals surface area contributed by atoms with Crippen LogP contribution in [0.2, 0.25) is 0 Å². The molecule has 118 valence electrons. The van der Waals surface area contributed by atoms with Gasteiger partial charge in [-0.1, -0.05) is 12.1 Å². The summed E-state index contributed by atoms with van der Waals surface area (Å²) in [5, 5.41) is 3.11. The summed E-state index contributed by atoms with van der Waals surface area (Å²) >= 11 is 0. The number of halogens is 4. The van der Waals surface area contributed by atoms with Gasteiger partial charge < -0.3 is 15.0 Å². The number of carbonyl (C=O) groups is 1. The number of nitrogens with zero attached hydrogens (tertiary/aromatic N) is 1. The quantitative estimate of drug-likeness (QED) is 0.909. The third-order valence-corrected chi connectivity index (χ3v) is 3.02. The first-order valence-corrected chi connectivity index (χ1v) is 6.25. The highest BCUT2D eigenvalue weighted by molar-refractivity contribution is 5.85. The van der Waals surface area contributed by atoms with Crippen molar-refractivity contribution in [1.29, 1.82) is 0 Å². The molecule has 0 spiro atoms. The molecule has 0 radical (unpaired) electrons. The number of alkyl halides is 3. The highest BCUT2D eigenvalue weighted by Gasteiger charge is 2.30. The van der Waals surface area contributed by atoms with Crippen molar-refractivity contribution in [2.75, 3.05) is 26.2 Å². The summed E-state index contributed by atoms with van der Waals surface area (Å²) in [5.74, 6) is 0. The number of carbonyl (C=O) groups excluding carboxylic acids is 1. The third-order valence-electron chi connectivity index (χ3n) is 3.02. The Morgan fingerprint density at radius 3 is 2.29 bits per heavy atom. The second-order valence-electron chi connectivity index (χ2n) is 4.49. The van der Waals surface area contributed by atoms with E-state index in [1.54, 1.807) is 4.90 Å². The summed E-state index contributed by atoms with van der Waals surface area (Å²) in [6.45, 7) is 2.56.